The summed E-state index contributed by atoms with van der Waals surface area (Å²) in [5.74, 6) is 0.113. The Kier molecular flexibility index (Phi) is 4.97. The van der Waals surface area contributed by atoms with Crippen molar-refractivity contribution in [3.63, 3.8) is 0 Å². The number of hydrogen-bond donors (Lipinski definition) is 2. The minimum absolute atomic E-state index is 0.113. The van der Waals surface area contributed by atoms with Crippen molar-refractivity contribution in [2.45, 2.75) is 31.8 Å². The lowest BCUT2D eigenvalue weighted by atomic mass is 10.0. The Morgan fingerprint density at radius 2 is 1.92 bits per heavy atom. The minimum atomic E-state index is 0.113. The maximum absolute atomic E-state index is 12.4. The molecular formula is C21H24N4O. The molecular weight excluding hydrogens is 324 g/mol. The van der Waals surface area contributed by atoms with Crippen molar-refractivity contribution in [3.8, 4) is 0 Å². The number of rotatable bonds is 5. The Labute approximate surface area is 153 Å². The Morgan fingerprint density at radius 1 is 1.15 bits per heavy atom. The molecule has 1 fully saturated rings. The largest absolute Gasteiger partial charge is 0.361 e. The number of aromatic nitrogens is 2. The van der Waals surface area contributed by atoms with E-state index >= 15 is 0 Å². The van der Waals surface area contributed by atoms with Crippen LogP contribution < -0.4 is 5.32 Å². The van der Waals surface area contributed by atoms with Gasteiger partial charge < -0.3 is 10.3 Å². The fourth-order valence-electron chi connectivity index (χ4n) is 3.71. The molecule has 1 saturated heterocycles. The molecule has 5 heteroatoms. The van der Waals surface area contributed by atoms with Gasteiger partial charge in [-0.25, -0.2) is 0 Å². The number of para-hydroxylation sites is 1. The van der Waals surface area contributed by atoms with E-state index < -0.39 is 0 Å². The summed E-state index contributed by atoms with van der Waals surface area (Å²) >= 11 is 0. The number of amides is 1. The van der Waals surface area contributed by atoms with Crippen LogP contribution in [0.4, 0.5) is 0 Å². The number of pyridine rings is 1. The SMILES string of the molecule is O=C(Cc1c[nH]c2ccccc12)NC1CCN(Cc2ccncc2)CC1. The number of carbonyl (C=O) groups excluding carboxylic acids is 1. The number of nitrogens with zero attached hydrogens (tertiary/aromatic N) is 2. The lowest BCUT2D eigenvalue weighted by Gasteiger charge is -2.32. The quantitative estimate of drug-likeness (QED) is 0.745. The molecule has 1 amide bonds. The highest BCUT2D eigenvalue weighted by Crippen LogP contribution is 2.19. The van der Waals surface area contributed by atoms with Crippen LogP contribution in [0.5, 0.6) is 0 Å². The summed E-state index contributed by atoms with van der Waals surface area (Å²) in [4.78, 5) is 22.2. The molecule has 26 heavy (non-hydrogen) atoms. The first kappa shape index (κ1) is 16.8. The fourth-order valence-corrected chi connectivity index (χ4v) is 3.71. The molecule has 3 heterocycles. The van der Waals surface area contributed by atoms with E-state index in [4.69, 9.17) is 0 Å². The van der Waals surface area contributed by atoms with E-state index in [2.05, 4.69) is 38.4 Å². The normalized spacial score (nSPS) is 16.0. The summed E-state index contributed by atoms with van der Waals surface area (Å²) in [6, 6.07) is 12.5. The average molecular weight is 348 g/mol. The van der Waals surface area contributed by atoms with Crippen LogP contribution >= 0.6 is 0 Å². The van der Waals surface area contributed by atoms with Gasteiger partial charge in [-0.3, -0.25) is 14.7 Å². The zero-order valence-corrected chi connectivity index (χ0v) is 14.8. The highest BCUT2D eigenvalue weighted by atomic mass is 16.1. The van der Waals surface area contributed by atoms with Gasteiger partial charge in [0, 0.05) is 55.2 Å². The van der Waals surface area contributed by atoms with E-state index in [1.54, 1.807) is 0 Å². The highest BCUT2D eigenvalue weighted by molar-refractivity contribution is 5.88. The van der Waals surface area contributed by atoms with E-state index in [1.165, 1.54) is 5.56 Å². The van der Waals surface area contributed by atoms with E-state index in [1.807, 2.05) is 36.8 Å². The third kappa shape index (κ3) is 3.94. The Morgan fingerprint density at radius 3 is 2.73 bits per heavy atom. The summed E-state index contributed by atoms with van der Waals surface area (Å²) in [6.07, 6.45) is 8.07. The van der Waals surface area contributed by atoms with Crippen molar-refractivity contribution in [3.05, 3.63) is 66.1 Å². The van der Waals surface area contributed by atoms with Crippen LogP contribution in [0.15, 0.2) is 55.0 Å². The number of hydrogen-bond acceptors (Lipinski definition) is 3. The molecule has 1 aromatic carbocycles. The minimum Gasteiger partial charge on any atom is -0.361 e. The van der Waals surface area contributed by atoms with Gasteiger partial charge in [-0.1, -0.05) is 18.2 Å². The molecule has 0 radical (unpaired) electrons. The zero-order valence-electron chi connectivity index (χ0n) is 14.8. The third-order valence-corrected chi connectivity index (χ3v) is 5.13. The third-order valence-electron chi connectivity index (χ3n) is 5.13. The number of H-pyrrole nitrogens is 1. The van der Waals surface area contributed by atoms with Gasteiger partial charge in [0.05, 0.1) is 6.42 Å². The van der Waals surface area contributed by atoms with Crippen molar-refractivity contribution in [2.75, 3.05) is 13.1 Å². The molecule has 0 saturated carbocycles. The summed E-state index contributed by atoms with van der Waals surface area (Å²) in [7, 11) is 0. The molecule has 5 nitrogen and oxygen atoms in total. The van der Waals surface area contributed by atoms with E-state index in [9.17, 15) is 4.79 Å². The summed E-state index contributed by atoms with van der Waals surface area (Å²) in [5, 5.41) is 4.35. The molecule has 3 aromatic rings. The lowest BCUT2D eigenvalue weighted by Crippen LogP contribution is -2.44. The number of fused-ring (bicyclic) bond motifs is 1. The van der Waals surface area contributed by atoms with Crippen LogP contribution in [0.3, 0.4) is 0 Å². The first-order valence-corrected chi connectivity index (χ1v) is 9.23. The fraction of sp³-hybridized carbons (Fsp3) is 0.333. The first-order chi connectivity index (χ1) is 12.8. The van der Waals surface area contributed by atoms with Crippen molar-refractivity contribution in [1.29, 1.82) is 0 Å². The van der Waals surface area contributed by atoms with Gasteiger partial charge in [-0.2, -0.15) is 0 Å². The second kappa shape index (κ2) is 7.70. The predicted molar refractivity (Wildman–Crippen MR) is 103 cm³/mol. The number of piperidine rings is 1. The monoisotopic (exact) mass is 348 g/mol. The van der Waals surface area contributed by atoms with Gasteiger partial charge in [0.1, 0.15) is 0 Å². The van der Waals surface area contributed by atoms with Gasteiger partial charge in [-0.15, -0.1) is 0 Å². The number of nitrogens with one attached hydrogen (secondary N) is 2. The zero-order chi connectivity index (χ0) is 17.8. The van der Waals surface area contributed by atoms with Crippen LogP contribution in [0, 0.1) is 0 Å². The number of carbonyl (C=O) groups is 1. The van der Waals surface area contributed by atoms with Crippen molar-refractivity contribution >= 4 is 16.8 Å². The molecule has 0 spiro atoms. The van der Waals surface area contributed by atoms with E-state index in [0.29, 0.717) is 6.42 Å². The molecule has 0 bridgehead atoms. The summed E-state index contributed by atoms with van der Waals surface area (Å²) in [5.41, 5.74) is 3.44. The van der Waals surface area contributed by atoms with Crippen molar-refractivity contribution in [2.24, 2.45) is 0 Å². The van der Waals surface area contributed by atoms with Crippen molar-refractivity contribution < 1.29 is 4.79 Å². The molecule has 0 atom stereocenters. The highest BCUT2D eigenvalue weighted by Gasteiger charge is 2.21. The maximum Gasteiger partial charge on any atom is 0.224 e. The van der Waals surface area contributed by atoms with Crippen LogP contribution in [-0.4, -0.2) is 39.9 Å². The van der Waals surface area contributed by atoms with E-state index in [-0.39, 0.29) is 11.9 Å². The van der Waals surface area contributed by atoms with Gasteiger partial charge in [0.25, 0.3) is 0 Å². The van der Waals surface area contributed by atoms with Crippen LogP contribution in [-0.2, 0) is 17.8 Å². The Hall–Kier alpha value is -2.66. The molecule has 4 rings (SSSR count). The van der Waals surface area contributed by atoms with Gasteiger partial charge in [-0.05, 0) is 42.2 Å². The number of likely N-dealkylation sites (tertiary alicyclic amines) is 1. The number of benzene rings is 1. The van der Waals surface area contributed by atoms with Gasteiger partial charge in [0.15, 0.2) is 0 Å². The van der Waals surface area contributed by atoms with Crippen LogP contribution in [0.2, 0.25) is 0 Å². The standard InChI is InChI=1S/C21H24N4O/c26-21(13-17-14-23-20-4-2-1-3-19(17)20)24-18-7-11-25(12-8-18)15-16-5-9-22-10-6-16/h1-6,9-10,14,18,23H,7-8,11-13,15H2,(H,24,26). The molecule has 1 aliphatic heterocycles. The Bertz CT molecular complexity index is 866. The average Bonchev–Trinajstić information content (AvgIpc) is 3.07. The molecule has 0 unspecified atom stereocenters. The lowest BCUT2D eigenvalue weighted by molar-refractivity contribution is -0.121. The topological polar surface area (TPSA) is 61.0 Å². The molecule has 2 N–H and O–H groups in total. The van der Waals surface area contributed by atoms with Gasteiger partial charge >= 0.3 is 0 Å². The maximum atomic E-state index is 12.4. The molecule has 134 valence electrons. The second-order valence-corrected chi connectivity index (χ2v) is 7.01. The van der Waals surface area contributed by atoms with E-state index in [0.717, 1.165) is 48.9 Å². The molecule has 1 aliphatic rings. The second-order valence-electron chi connectivity index (χ2n) is 7.01. The molecule has 0 aliphatic carbocycles. The van der Waals surface area contributed by atoms with Gasteiger partial charge in [0.2, 0.25) is 5.91 Å². The van der Waals surface area contributed by atoms with Crippen molar-refractivity contribution in [1.82, 2.24) is 20.2 Å². The predicted octanol–water partition coefficient (Wildman–Crippen LogP) is 2.89. The molecule has 2 aromatic heterocycles. The Balaban J connectivity index is 1.27. The van der Waals surface area contributed by atoms with Crippen LogP contribution in [0.1, 0.15) is 24.0 Å². The summed E-state index contributed by atoms with van der Waals surface area (Å²) < 4.78 is 0. The number of aromatic amines is 1. The summed E-state index contributed by atoms with van der Waals surface area (Å²) in [6.45, 7) is 2.99. The van der Waals surface area contributed by atoms with Crippen LogP contribution in [0.25, 0.3) is 10.9 Å². The first-order valence-electron chi connectivity index (χ1n) is 9.23. The smallest absolute Gasteiger partial charge is 0.224 e.